The largest absolute Gasteiger partial charge is 0.395 e. The third kappa shape index (κ3) is 4.88. The Hall–Kier alpha value is -0.860. The maximum absolute atomic E-state index is 9.22. The van der Waals surface area contributed by atoms with Crippen molar-refractivity contribution in [3.05, 3.63) is 35.9 Å². The topological polar surface area (TPSA) is 32.3 Å². The Kier molecular flexibility index (Phi) is 6.23. The fourth-order valence-corrected chi connectivity index (χ4v) is 1.94. The minimum absolute atomic E-state index is 0.220. The lowest BCUT2D eigenvalue weighted by Crippen LogP contribution is -2.37. The van der Waals surface area contributed by atoms with E-state index in [1.54, 1.807) is 0 Å². The van der Waals surface area contributed by atoms with Gasteiger partial charge in [0.05, 0.1) is 6.61 Å². The van der Waals surface area contributed by atoms with Crippen molar-refractivity contribution < 1.29 is 5.11 Å². The maximum Gasteiger partial charge on any atom is 0.0587 e. The molecular formula is C15H25NO. The van der Waals surface area contributed by atoms with Gasteiger partial charge in [-0.2, -0.15) is 0 Å². The van der Waals surface area contributed by atoms with Crippen molar-refractivity contribution in [2.75, 3.05) is 13.2 Å². The number of hydrogen-bond acceptors (Lipinski definition) is 2. The first-order chi connectivity index (χ1) is 8.15. The Balaban J connectivity index is 2.31. The Bertz CT molecular complexity index is 297. The van der Waals surface area contributed by atoms with Gasteiger partial charge in [-0.15, -0.1) is 0 Å². The zero-order chi connectivity index (χ0) is 12.7. The van der Waals surface area contributed by atoms with Crippen LogP contribution in [0.5, 0.6) is 0 Å². The predicted octanol–water partition coefficient (Wildman–Crippen LogP) is 2.79. The van der Waals surface area contributed by atoms with Crippen LogP contribution in [0.3, 0.4) is 0 Å². The van der Waals surface area contributed by atoms with Gasteiger partial charge in [-0.25, -0.2) is 0 Å². The number of benzene rings is 1. The average molecular weight is 235 g/mol. The van der Waals surface area contributed by atoms with Crippen molar-refractivity contribution in [2.24, 2.45) is 5.92 Å². The summed E-state index contributed by atoms with van der Waals surface area (Å²) in [5.74, 6) is 1.04. The van der Waals surface area contributed by atoms with Gasteiger partial charge < -0.3 is 10.4 Å². The van der Waals surface area contributed by atoms with Crippen LogP contribution in [-0.2, 0) is 0 Å². The van der Waals surface area contributed by atoms with Crippen LogP contribution in [0, 0.1) is 5.92 Å². The predicted molar refractivity (Wildman–Crippen MR) is 73.2 cm³/mol. The molecule has 2 nitrogen and oxygen atoms in total. The summed E-state index contributed by atoms with van der Waals surface area (Å²) in [5.41, 5.74) is 1.39. The summed E-state index contributed by atoms with van der Waals surface area (Å²) in [4.78, 5) is 0. The van der Waals surface area contributed by atoms with E-state index in [-0.39, 0.29) is 12.6 Å². The number of nitrogens with one attached hydrogen (secondary N) is 1. The van der Waals surface area contributed by atoms with Crippen LogP contribution in [0.1, 0.15) is 38.7 Å². The van der Waals surface area contributed by atoms with E-state index in [9.17, 15) is 5.11 Å². The summed E-state index contributed by atoms with van der Waals surface area (Å²) in [6, 6.07) is 10.8. The van der Waals surface area contributed by atoms with E-state index < -0.39 is 0 Å². The van der Waals surface area contributed by atoms with Gasteiger partial charge in [-0.05, 0) is 30.4 Å². The minimum atomic E-state index is 0.220. The molecule has 0 aliphatic carbocycles. The van der Waals surface area contributed by atoms with Crippen LogP contribution in [0.25, 0.3) is 0 Å². The van der Waals surface area contributed by atoms with E-state index >= 15 is 0 Å². The number of hydrogen-bond donors (Lipinski definition) is 2. The molecule has 2 unspecified atom stereocenters. The molecule has 0 heterocycles. The van der Waals surface area contributed by atoms with Gasteiger partial charge in [-0.1, -0.05) is 51.1 Å². The lowest BCUT2D eigenvalue weighted by Gasteiger charge is -2.21. The molecule has 2 atom stereocenters. The van der Waals surface area contributed by atoms with E-state index in [2.05, 4.69) is 56.4 Å². The molecular weight excluding hydrogens is 210 g/mol. The van der Waals surface area contributed by atoms with Gasteiger partial charge >= 0.3 is 0 Å². The molecule has 0 saturated carbocycles. The second-order valence-electron chi connectivity index (χ2n) is 5.09. The fourth-order valence-electron chi connectivity index (χ4n) is 1.94. The minimum Gasteiger partial charge on any atom is -0.395 e. The Morgan fingerprint density at radius 2 is 1.76 bits per heavy atom. The zero-order valence-corrected chi connectivity index (χ0v) is 11.2. The van der Waals surface area contributed by atoms with Gasteiger partial charge in [-0.3, -0.25) is 0 Å². The van der Waals surface area contributed by atoms with Crippen molar-refractivity contribution in [1.82, 2.24) is 5.32 Å². The second kappa shape index (κ2) is 7.46. The highest BCUT2D eigenvalue weighted by Gasteiger charge is 2.11. The standard InChI is InChI=1S/C15H25NO/c1-12(2)15(11-17)16-10-9-13(3)14-7-5-4-6-8-14/h4-8,12-13,15-17H,9-11H2,1-3H3. The highest BCUT2D eigenvalue weighted by atomic mass is 16.3. The quantitative estimate of drug-likeness (QED) is 0.761. The molecule has 0 saturated heterocycles. The van der Waals surface area contributed by atoms with E-state index in [0.29, 0.717) is 11.8 Å². The number of aliphatic hydroxyl groups is 1. The van der Waals surface area contributed by atoms with Gasteiger partial charge in [0, 0.05) is 6.04 Å². The van der Waals surface area contributed by atoms with Crippen LogP contribution in [0.4, 0.5) is 0 Å². The summed E-state index contributed by atoms with van der Waals surface area (Å²) in [6.45, 7) is 7.69. The van der Waals surface area contributed by atoms with E-state index in [1.807, 2.05) is 0 Å². The van der Waals surface area contributed by atoms with E-state index in [1.165, 1.54) is 5.56 Å². The summed E-state index contributed by atoms with van der Waals surface area (Å²) in [5, 5.41) is 12.6. The van der Waals surface area contributed by atoms with Crippen molar-refractivity contribution in [1.29, 1.82) is 0 Å². The number of aliphatic hydroxyl groups excluding tert-OH is 1. The third-order valence-electron chi connectivity index (χ3n) is 3.35. The average Bonchev–Trinajstić information content (AvgIpc) is 2.35. The number of rotatable bonds is 7. The van der Waals surface area contributed by atoms with Crippen molar-refractivity contribution in [3.63, 3.8) is 0 Å². The smallest absolute Gasteiger partial charge is 0.0587 e. The van der Waals surface area contributed by atoms with E-state index in [0.717, 1.165) is 13.0 Å². The zero-order valence-electron chi connectivity index (χ0n) is 11.2. The molecule has 0 bridgehead atoms. The van der Waals surface area contributed by atoms with Crippen LogP contribution in [0.15, 0.2) is 30.3 Å². The molecule has 0 amide bonds. The van der Waals surface area contributed by atoms with E-state index in [4.69, 9.17) is 0 Å². The molecule has 1 rings (SSSR count). The molecule has 0 fully saturated rings. The molecule has 1 aromatic rings. The third-order valence-corrected chi connectivity index (χ3v) is 3.35. The van der Waals surface area contributed by atoms with Crippen LogP contribution in [0.2, 0.25) is 0 Å². The molecule has 0 aliphatic heterocycles. The van der Waals surface area contributed by atoms with Crippen LogP contribution >= 0.6 is 0 Å². The maximum atomic E-state index is 9.22. The lowest BCUT2D eigenvalue weighted by atomic mass is 9.97. The highest BCUT2D eigenvalue weighted by Crippen LogP contribution is 2.17. The molecule has 0 aliphatic rings. The Morgan fingerprint density at radius 3 is 2.29 bits per heavy atom. The highest BCUT2D eigenvalue weighted by molar-refractivity contribution is 5.18. The summed E-state index contributed by atoms with van der Waals surface area (Å²) in [6.07, 6.45) is 1.10. The molecule has 2 heteroatoms. The molecule has 96 valence electrons. The molecule has 1 aromatic carbocycles. The van der Waals surface area contributed by atoms with Gasteiger partial charge in [0.25, 0.3) is 0 Å². The second-order valence-corrected chi connectivity index (χ2v) is 5.09. The molecule has 17 heavy (non-hydrogen) atoms. The molecule has 0 spiro atoms. The van der Waals surface area contributed by atoms with Gasteiger partial charge in [0.15, 0.2) is 0 Å². The monoisotopic (exact) mass is 235 g/mol. The summed E-state index contributed by atoms with van der Waals surface area (Å²) in [7, 11) is 0. The van der Waals surface area contributed by atoms with Crippen LogP contribution < -0.4 is 5.32 Å². The Morgan fingerprint density at radius 1 is 1.12 bits per heavy atom. The summed E-state index contributed by atoms with van der Waals surface area (Å²) < 4.78 is 0. The van der Waals surface area contributed by atoms with Crippen molar-refractivity contribution in [3.8, 4) is 0 Å². The van der Waals surface area contributed by atoms with Crippen molar-refractivity contribution in [2.45, 2.75) is 39.2 Å². The first kappa shape index (κ1) is 14.2. The first-order valence-electron chi connectivity index (χ1n) is 6.54. The van der Waals surface area contributed by atoms with Gasteiger partial charge in [0.1, 0.15) is 0 Å². The SMILES string of the molecule is CC(CCNC(CO)C(C)C)c1ccccc1. The molecule has 0 radical (unpaired) electrons. The van der Waals surface area contributed by atoms with Crippen molar-refractivity contribution >= 4 is 0 Å². The van der Waals surface area contributed by atoms with Gasteiger partial charge in [0.2, 0.25) is 0 Å². The normalized spacial score (nSPS) is 14.9. The lowest BCUT2D eigenvalue weighted by molar-refractivity contribution is 0.210. The molecule has 2 N–H and O–H groups in total. The summed E-state index contributed by atoms with van der Waals surface area (Å²) >= 11 is 0. The fraction of sp³-hybridized carbons (Fsp3) is 0.600. The first-order valence-corrected chi connectivity index (χ1v) is 6.54. The molecule has 0 aromatic heterocycles. The Labute approximate surface area is 105 Å². The van der Waals surface area contributed by atoms with Crippen LogP contribution in [-0.4, -0.2) is 24.3 Å².